The number of rotatable bonds is 9. The van der Waals surface area contributed by atoms with Gasteiger partial charge in [0.15, 0.2) is 5.96 Å². The van der Waals surface area contributed by atoms with Crippen molar-refractivity contribution in [2.45, 2.75) is 33.1 Å². The van der Waals surface area contributed by atoms with Gasteiger partial charge >= 0.3 is 0 Å². The number of nitrogens with zero attached hydrogens (tertiary/aromatic N) is 1. The molecule has 2 aromatic rings. The molecule has 0 aliphatic carbocycles. The van der Waals surface area contributed by atoms with Crippen molar-refractivity contribution in [3.8, 4) is 0 Å². The molecule has 0 saturated heterocycles. The van der Waals surface area contributed by atoms with Crippen molar-refractivity contribution in [2.24, 2.45) is 4.99 Å². The van der Waals surface area contributed by atoms with E-state index in [0.717, 1.165) is 50.5 Å². The lowest BCUT2D eigenvalue weighted by atomic mass is 10.1. The Morgan fingerprint density at radius 3 is 2.25 bits per heavy atom. The Morgan fingerprint density at radius 1 is 0.929 bits per heavy atom. The predicted octanol–water partition coefficient (Wildman–Crippen LogP) is 3.99. The Kier molecular flexibility index (Phi) is 12.0. The fourth-order valence-electron chi connectivity index (χ4n) is 2.74. The lowest BCUT2D eigenvalue weighted by molar-refractivity contribution is -0.114. The van der Waals surface area contributed by atoms with Crippen LogP contribution in [-0.2, 0) is 17.6 Å². The monoisotopic (exact) mass is 494 g/mol. The van der Waals surface area contributed by atoms with Crippen LogP contribution in [0, 0.1) is 0 Å². The van der Waals surface area contributed by atoms with Crippen LogP contribution < -0.4 is 16.0 Å². The molecule has 3 N–H and O–H groups in total. The summed E-state index contributed by atoms with van der Waals surface area (Å²) in [6.07, 6.45) is 2.98. The molecule has 0 saturated carbocycles. The lowest BCUT2D eigenvalue weighted by Gasteiger charge is -2.11. The maximum absolute atomic E-state index is 11.1. The van der Waals surface area contributed by atoms with E-state index in [1.807, 2.05) is 30.3 Å². The molecule has 5 nitrogen and oxygen atoms in total. The molecule has 2 rings (SSSR count). The SMILES string of the molecule is CCNC(=NCCCc1ccccc1)NCCc1ccc(NC(C)=O)cc1.I. The smallest absolute Gasteiger partial charge is 0.221 e. The van der Waals surface area contributed by atoms with Crippen LogP contribution in [0.1, 0.15) is 31.4 Å². The highest BCUT2D eigenvalue weighted by atomic mass is 127. The Balaban J connectivity index is 0.00000392. The Morgan fingerprint density at radius 2 is 1.61 bits per heavy atom. The number of guanidine groups is 1. The molecule has 0 fully saturated rings. The van der Waals surface area contributed by atoms with Crippen LogP contribution >= 0.6 is 24.0 Å². The number of benzene rings is 2. The van der Waals surface area contributed by atoms with Crippen molar-refractivity contribution in [1.29, 1.82) is 0 Å². The summed E-state index contributed by atoms with van der Waals surface area (Å²) in [4.78, 5) is 15.7. The van der Waals surface area contributed by atoms with Gasteiger partial charge in [-0.25, -0.2) is 0 Å². The number of nitrogens with one attached hydrogen (secondary N) is 3. The van der Waals surface area contributed by atoms with E-state index < -0.39 is 0 Å². The van der Waals surface area contributed by atoms with E-state index in [1.165, 1.54) is 18.1 Å². The Bertz CT molecular complexity index is 717. The second kappa shape index (κ2) is 14.0. The van der Waals surface area contributed by atoms with E-state index in [2.05, 4.69) is 52.1 Å². The molecule has 1 amide bonds. The molecule has 0 aliphatic rings. The quantitative estimate of drug-likeness (QED) is 0.214. The molecule has 0 spiro atoms. The largest absolute Gasteiger partial charge is 0.357 e. The minimum Gasteiger partial charge on any atom is -0.357 e. The molecule has 152 valence electrons. The molecule has 0 heterocycles. The summed E-state index contributed by atoms with van der Waals surface area (Å²) in [6, 6.07) is 18.4. The molecule has 0 aliphatic heterocycles. The number of aryl methyl sites for hydroxylation is 1. The minimum atomic E-state index is -0.0526. The predicted molar refractivity (Wildman–Crippen MR) is 129 cm³/mol. The summed E-state index contributed by atoms with van der Waals surface area (Å²) in [7, 11) is 0. The number of carbonyl (C=O) groups is 1. The molecule has 0 bridgehead atoms. The maximum atomic E-state index is 11.1. The van der Waals surface area contributed by atoms with Gasteiger partial charge < -0.3 is 16.0 Å². The average molecular weight is 494 g/mol. The summed E-state index contributed by atoms with van der Waals surface area (Å²) < 4.78 is 0. The third-order valence-corrected chi connectivity index (χ3v) is 4.06. The van der Waals surface area contributed by atoms with Gasteiger partial charge in [0.2, 0.25) is 5.91 Å². The summed E-state index contributed by atoms with van der Waals surface area (Å²) >= 11 is 0. The van der Waals surface area contributed by atoms with E-state index in [9.17, 15) is 4.79 Å². The van der Waals surface area contributed by atoms with Crippen LogP contribution in [-0.4, -0.2) is 31.5 Å². The fourth-order valence-corrected chi connectivity index (χ4v) is 2.74. The van der Waals surface area contributed by atoms with Gasteiger partial charge in [-0.1, -0.05) is 42.5 Å². The zero-order valence-electron chi connectivity index (χ0n) is 16.7. The first kappa shape index (κ1) is 23.9. The molecule has 0 atom stereocenters. The summed E-state index contributed by atoms with van der Waals surface area (Å²) in [5, 5.41) is 9.45. The van der Waals surface area contributed by atoms with Crippen LogP contribution in [0.5, 0.6) is 0 Å². The van der Waals surface area contributed by atoms with Crippen molar-refractivity contribution in [1.82, 2.24) is 10.6 Å². The van der Waals surface area contributed by atoms with Gasteiger partial charge in [0.05, 0.1) is 0 Å². The van der Waals surface area contributed by atoms with E-state index >= 15 is 0 Å². The van der Waals surface area contributed by atoms with Gasteiger partial charge in [-0.15, -0.1) is 24.0 Å². The molecule has 0 unspecified atom stereocenters. The topological polar surface area (TPSA) is 65.5 Å². The van der Waals surface area contributed by atoms with Gasteiger partial charge in [0.1, 0.15) is 0 Å². The minimum absolute atomic E-state index is 0. The van der Waals surface area contributed by atoms with E-state index in [4.69, 9.17) is 0 Å². The summed E-state index contributed by atoms with van der Waals surface area (Å²) in [5.41, 5.74) is 3.40. The number of amides is 1. The van der Waals surface area contributed by atoms with Gasteiger partial charge in [-0.05, 0) is 49.4 Å². The van der Waals surface area contributed by atoms with Crippen LogP contribution in [0.2, 0.25) is 0 Å². The van der Waals surface area contributed by atoms with Crippen molar-refractivity contribution >= 4 is 41.5 Å². The first-order valence-electron chi connectivity index (χ1n) is 9.60. The van der Waals surface area contributed by atoms with Crippen LogP contribution in [0.3, 0.4) is 0 Å². The first-order valence-corrected chi connectivity index (χ1v) is 9.60. The van der Waals surface area contributed by atoms with Crippen molar-refractivity contribution in [2.75, 3.05) is 25.0 Å². The Hall–Kier alpha value is -2.09. The van der Waals surface area contributed by atoms with Crippen molar-refractivity contribution in [3.05, 3.63) is 65.7 Å². The van der Waals surface area contributed by atoms with Crippen molar-refractivity contribution in [3.63, 3.8) is 0 Å². The highest BCUT2D eigenvalue weighted by molar-refractivity contribution is 14.0. The number of carbonyl (C=O) groups excluding carboxylic acids is 1. The molecular weight excluding hydrogens is 463 g/mol. The second-order valence-electron chi connectivity index (χ2n) is 6.40. The number of anilines is 1. The van der Waals surface area contributed by atoms with Crippen molar-refractivity contribution < 1.29 is 4.79 Å². The highest BCUT2D eigenvalue weighted by Crippen LogP contribution is 2.09. The summed E-state index contributed by atoms with van der Waals surface area (Å²) in [6.45, 7) is 6.04. The third kappa shape index (κ3) is 9.73. The van der Waals surface area contributed by atoms with E-state index in [0.29, 0.717) is 0 Å². The normalized spacial score (nSPS) is 10.7. The number of aliphatic imine (C=N–C) groups is 1. The Labute approximate surface area is 185 Å². The van der Waals surface area contributed by atoms with Crippen LogP contribution in [0.15, 0.2) is 59.6 Å². The second-order valence-corrected chi connectivity index (χ2v) is 6.40. The standard InChI is InChI=1S/C22H30N4O.HI/c1-3-23-22(24-16-7-10-19-8-5-4-6-9-19)25-17-15-20-11-13-21(14-12-20)26-18(2)27;/h4-6,8-9,11-14H,3,7,10,15-17H2,1-2H3,(H,26,27)(H2,23,24,25);1H. The highest BCUT2D eigenvalue weighted by Gasteiger charge is 2.00. The lowest BCUT2D eigenvalue weighted by Crippen LogP contribution is -2.38. The molecule has 0 radical (unpaired) electrons. The molecule has 6 heteroatoms. The first-order chi connectivity index (χ1) is 13.2. The van der Waals surface area contributed by atoms with Gasteiger partial charge in [-0.2, -0.15) is 0 Å². The average Bonchev–Trinajstić information content (AvgIpc) is 2.67. The zero-order chi connectivity index (χ0) is 19.3. The summed E-state index contributed by atoms with van der Waals surface area (Å²) in [5.74, 6) is 0.809. The molecule has 2 aromatic carbocycles. The number of hydrogen-bond donors (Lipinski definition) is 3. The number of hydrogen-bond acceptors (Lipinski definition) is 2. The van der Waals surface area contributed by atoms with E-state index in [1.54, 1.807) is 0 Å². The zero-order valence-corrected chi connectivity index (χ0v) is 19.0. The van der Waals surface area contributed by atoms with Crippen LogP contribution in [0.25, 0.3) is 0 Å². The van der Waals surface area contributed by atoms with E-state index in [-0.39, 0.29) is 29.9 Å². The fraction of sp³-hybridized carbons (Fsp3) is 0.364. The number of halogens is 1. The van der Waals surface area contributed by atoms with Gasteiger partial charge in [-0.3, -0.25) is 9.79 Å². The third-order valence-electron chi connectivity index (χ3n) is 4.06. The molecule has 28 heavy (non-hydrogen) atoms. The van der Waals surface area contributed by atoms with Gasteiger partial charge in [0.25, 0.3) is 0 Å². The molecular formula is C22H31IN4O. The van der Waals surface area contributed by atoms with Crippen LogP contribution in [0.4, 0.5) is 5.69 Å². The molecule has 0 aromatic heterocycles. The maximum Gasteiger partial charge on any atom is 0.221 e. The van der Waals surface area contributed by atoms with Gasteiger partial charge in [0, 0.05) is 32.2 Å².